The quantitative estimate of drug-likeness (QED) is 0.359. The minimum absolute atomic E-state index is 0.106. The highest BCUT2D eigenvalue weighted by atomic mass is 32.2. The molecule has 1 amide bonds. The Morgan fingerprint density at radius 1 is 1.13 bits per heavy atom. The molecule has 4 rings (SSSR count). The highest BCUT2D eigenvalue weighted by Gasteiger charge is 2.15. The van der Waals surface area contributed by atoms with Crippen molar-refractivity contribution in [3.8, 4) is 5.69 Å². The first-order chi connectivity index (χ1) is 14.5. The van der Waals surface area contributed by atoms with Gasteiger partial charge in [0.2, 0.25) is 5.91 Å². The highest BCUT2D eigenvalue weighted by molar-refractivity contribution is 7.99. The summed E-state index contributed by atoms with van der Waals surface area (Å²) in [5.41, 5.74) is 3.04. The molecule has 0 fully saturated rings. The van der Waals surface area contributed by atoms with Gasteiger partial charge in [-0.2, -0.15) is 0 Å². The van der Waals surface area contributed by atoms with Gasteiger partial charge < -0.3 is 5.32 Å². The molecule has 0 saturated heterocycles. The first kappa shape index (κ1) is 20.3. The lowest BCUT2D eigenvalue weighted by atomic mass is 10.1. The van der Waals surface area contributed by atoms with Crippen LogP contribution in [0.2, 0.25) is 0 Å². The number of hydrogen-bond donors (Lipinski definition) is 1. The fraction of sp³-hybridized carbons (Fsp3) is 0.136. The molecular weight excluding hydrogens is 421 g/mol. The summed E-state index contributed by atoms with van der Waals surface area (Å²) in [4.78, 5) is 29.9. The third-order valence-electron chi connectivity index (χ3n) is 4.48. The molecule has 30 heavy (non-hydrogen) atoms. The summed E-state index contributed by atoms with van der Waals surface area (Å²) in [6.07, 6.45) is 0. The minimum Gasteiger partial charge on any atom is -0.351 e. The van der Waals surface area contributed by atoms with Gasteiger partial charge in [0.1, 0.15) is 10.5 Å². The van der Waals surface area contributed by atoms with Gasteiger partial charge in [-0.15, -0.1) is 11.3 Å². The molecule has 0 atom stereocenters. The van der Waals surface area contributed by atoms with Crippen LogP contribution in [0.1, 0.15) is 11.1 Å². The van der Waals surface area contributed by atoms with E-state index in [0.717, 1.165) is 11.1 Å². The van der Waals surface area contributed by atoms with E-state index in [-0.39, 0.29) is 23.0 Å². The Balaban J connectivity index is 1.55. The number of benzene rings is 2. The summed E-state index contributed by atoms with van der Waals surface area (Å²) in [7, 11) is 0. The number of fused-ring (bicyclic) bond motifs is 1. The second kappa shape index (κ2) is 8.81. The van der Waals surface area contributed by atoms with Crippen molar-refractivity contribution in [3.05, 3.63) is 87.3 Å². The van der Waals surface area contributed by atoms with E-state index >= 15 is 0 Å². The van der Waals surface area contributed by atoms with Crippen LogP contribution in [0.5, 0.6) is 0 Å². The molecule has 8 heteroatoms. The van der Waals surface area contributed by atoms with E-state index in [1.54, 1.807) is 11.4 Å². The Hall–Kier alpha value is -2.97. The maximum atomic E-state index is 13.3. The summed E-state index contributed by atoms with van der Waals surface area (Å²) in [5.74, 6) is -0.442. The van der Waals surface area contributed by atoms with Gasteiger partial charge in [0.15, 0.2) is 5.16 Å². The first-order valence-corrected chi connectivity index (χ1v) is 11.1. The number of thiophene rings is 1. The molecule has 0 saturated carbocycles. The highest BCUT2D eigenvalue weighted by Crippen LogP contribution is 2.23. The van der Waals surface area contributed by atoms with Gasteiger partial charge in [0.25, 0.3) is 5.56 Å². The maximum absolute atomic E-state index is 13.3. The van der Waals surface area contributed by atoms with E-state index in [0.29, 0.717) is 27.6 Å². The zero-order chi connectivity index (χ0) is 21.1. The fourth-order valence-electron chi connectivity index (χ4n) is 2.89. The molecule has 5 nitrogen and oxygen atoms in total. The van der Waals surface area contributed by atoms with E-state index in [1.165, 1.54) is 51.9 Å². The number of rotatable bonds is 6. The van der Waals surface area contributed by atoms with Gasteiger partial charge >= 0.3 is 0 Å². The van der Waals surface area contributed by atoms with Crippen molar-refractivity contribution >= 4 is 39.2 Å². The Morgan fingerprint density at radius 3 is 2.60 bits per heavy atom. The van der Waals surface area contributed by atoms with Crippen LogP contribution in [0.15, 0.2) is 69.9 Å². The predicted octanol–water partition coefficient (Wildman–Crippen LogP) is 4.30. The molecule has 0 unspecified atom stereocenters. The number of aryl methyl sites for hydroxylation is 1. The lowest BCUT2D eigenvalue weighted by Crippen LogP contribution is -2.26. The number of halogens is 1. The molecule has 2 heterocycles. The maximum Gasteiger partial charge on any atom is 0.276 e. The Bertz CT molecular complexity index is 1250. The van der Waals surface area contributed by atoms with E-state index in [4.69, 9.17) is 0 Å². The third-order valence-corrected chi connectivity index (χ3v) is 6.31. The van der Waals surface area contributed by atoms with Crippen LogP contribution >= 0.6 is 23.1 Å². The Labute approximate surface area is 180 Å². The normalized spacial score (nSPS) is 11.0. The van der Waals surface area contributed by atoms with Gasteiger partial charge in [0, 0.05) is 6.54 Å². The average Bonchev–Trinajstić information content (AvgIpc) is 3.22. The fourth-order valence-corrected chi connectivity index (χ4v) is 4.50. The second-order valence-corrected chi connectivity index (χ2v) is 8.56. The van der Waals surface area contributed by atoms with Crippen molar-refractivity contribution in [1.29, 1.82) is 0 Å². The molecule has 0 aliphatic heterocycles. The van der Waals surface area contributed by atoms with Gasteiger partial charge in [-0.1, -0.05) is 41.6 Å². The van der Waals surface area contributed by atoms with Gasteiger partial charge in [-0.3, -0.25) is 14.2 Å². The number of hydrogen-bond acceptors (Lipinski definition) is 5. The summed E-state index contributed by atoms with van der Waals surface area (Å²) in [6.45, 7) is 2.44. The number of aromatic nitrogens is 2. The molecule has 0 bridgehead atoms. The average molecular weight is 440 g/mol. The molecule has 0 spiro atoms. The number of carbonyl (C=O) groups excluding carboxylic acids is 1. The summed E-state index contributed by atoms with van der Waals surface area (Å²) >= 11 is 2.48. The SMILES string of the molecule is Cc1ccc(CNC(=O)CSc2nc3ccsc3c(=O)n2-c2ccc(F)cc2)cc1. The van der Waals surface area contributed by atoms with Gasteiger partial charge in [-0.25, -0.2) is 9.37 Å². The number of nitrogens with zero attached hydrogens (tertiary/aromatic N) is 2. The number of amides is 1. The lowest BCUT2D eigenvalue weighted by molar-refractivity contribution is -0.118. The molecule has 0 aliphatic rings. The van der Waals surface area contributed by atoms with Crippen LogP contribution in [0.4, 0.5) is 4.39 Å². The predicted molar refractivity (Wildman–Crippen MR) is 119 cm³/mol. The third kappa shape index (κ3) is 4.44. The van der Waals surface area contributed by atoms with Crippen molar-refractivity contribution in [3.63, 3.8) is 0 Å². The van der Waals surface area contributed by atoms with Crippen molar-refractivity contribution < 1.29 is 9.18 Å². The molecule has 2 aromatic carbocycles. The van der Waals surface area contributed by atoms with Crippen LogP contribution in [0.25, 0.3) is 15.9 Å². The zero-order valence-corrected chi connectivity index (χ0v) is 17.7. The molecule has 0 aliphatic carbocycles. The smallest absolute Gasteiger partial charge is 0.276 e. The first-order valence-electron chi connectivity index (χ1n) is 9.22. The Morgan fingerprint density at radius 2 is 1.87 bits per heavy atom. The summed E-state index contributed by atoms with van der Waals surface area (Å²) in [6, 6.07) is 15.4. The monoisotopic (exact) mass is 439 g/mol. The van der Waals surface area contributed by atoms with Crippen LogP contribution < -0.4 is 10.9 Å². The van der Waals surface area contributed by atoms with E-state index in [1.807, 2.05) is 31.2 Å². The molecule has 2 aromatic heterocycles. The number of thioether (sulfide) groups is 1. The van der Waals surface area contributed by atoms with E-state index in [9.17, 15) is 14.0 Å². The summed E-state index contributed by atoms with van der Waals surface area (Å²) in [5, 5.41) is 5.07. The number of nitrogens with one attached hydrogen (secondary N) is 1. The topological polar surface area (TPSA) is 64.0 Å². The van der Waals surface area contributed by atoms with Crippen molar-refractivity contribution in [1.82, 2.24) is 14.9 Å². The van der Waals surface area contributed by atoms with Crippen LogP contribution in [-0.4, -0.2) is 21.2 Å². The number of carbonyl (C=O) groups is 1. The van der Waals surface area contributed by atoms with Crippen molar-refractivity contribution in [2.24, 2.45) is 0 Å². The van der Waals surface area contributed by atoms with Crippen LogP contribution in [0, 0.1) is 12.7 Å². The zero-order valence-electron chi connectivity index (χ0n) is 16.1. The van der Waals surface area contributed by atoms with Crippen molar-refractivity contribution in [2.45, 2.75) is 18.6 Å². The van der Waals surface area contributed by atoms with Crippen molar-refractivity contribution in [2.75, 3.05) is 5.75 Å². The van der Waals surface area contributed by atoms with Crippen LogP contribution in [0.3, 0.4) is 0 Å². The molecular formula is C22H18FN3O2S2. The lowest BCUT2D eigenvalue weighted by Gasteiger charge is -2.12. The summed E-state index contributed by atoms with van der Waals surface area (Å²) < 4.78 is 15.3. The van der Waals surface area contributed by atoms with Gasteiger partial charge in [-0.05, 0) is 48.2 Å². The van der Waals surface area contributed by atoms with Gasteiger partial charge in [0.05, 0.1) is 17.0 Å². The van der Waals surface area contributed by atoms with E-state index < -0.39 is 0 Å². The molecule has 4 aromatic rings. The largest absolute Gasteiger partial charge is 0.351 e. The molecule has 0 radical (unpaired) electrons. The molecule has 152 valence electrons. The second-order valence-electron chi connectivity index (χ2n) is 6.70. The molecule has 1 N–H and O–H groups in total. The standard InChI is InChI=1S/C22H18FN3O2S2/c1-14-2-4-15(5-3-14)12-24-19(27)13-30-22-25-18-10-11-29-20(18)21(28)26(22)17-8-6-16(23)7-9-17/h2-11H,12-13H2,1H3,(H,24,27). The Kier molecular flexibility index (Phi) is 5.96. The minimum atomic E-state index is -0.387. The van der Waals surface area contributed by atoms with Crippen LogP contribution in [-0.2, 0) is 11.3 Å². The van der Waals surface area contributed by atoms with E-state index in [2.05, 4.69) is 10.3 Å².